The van der Waals surface area contributed by atoms with Crippen molar-refractivity contribution in [2.45, 2.75) is 45.3 Å². The molecule has 1 saturated heterocycles. The monoisotopic (exact) mass is 378 g/mol. The molecule has 0 saturated carbocycles. The molecular weight excluding hydrogens is 356 g/mol. The maximum Gasteiger partial charge on any atom is 0.262 e. The number of hydrogen-bond donors (Lipinski definition) is 2. The third kappa shape index (κ3) is 3.24. The van der Waals surface area contributed by atoms with E-state index in [1.807, 2.05) is 13.8 Å². The number of primary amides is 1. The summed E-state index contributed by atoms with van der Waals surface area (Å²) in [7, 11) is 0. The van der Waals surface area contributed by atoms with E-state index in [2.05, 4.69) is 4.98 Å². The zero-order valence-corrected chi connectivity index (χ0v) is 15.6. The molecule has 9 heteroatoms. The van der Waals surface area contributed by atoms with Gasteiger partial charge < -0.3 is 15.7 Å². The number of aryl methyl sites for hydroxylation is 3. The van der Waals surface area contributed by atoms with Gasteiger partial charge in [0.25, 0.3) is 5.56 Å². The van der Waals surface area contributed by atoms with Crippen LogP contribution >= 0.6 is 11.3 Å². The molecule has 0 aliphatic carbocycles. The number of aliphatic hydroxyl groups is 1. The second-order valence-corrected chi connectivity index (χ2v) is 7.94. The molecule has 2 amide bonds. The molecule has 0 atom stereocenters. The third-order valence-electron chi connectivity index (χ3n) is 5.12. The van der Waals surface area contributed by atoms with Crippen LogP contribution in [0.5, 0.6) is 0 Å². The summed E-state index contributed by atoms with van der Waals surface area (Å²) < 4.78 is 1.46. The summed E-state index contributed by atoms with van der Waals surface area (Å²) in [6.07, 6.45) is 1.91. The van der Waals surface area contributed by atoms with Crippen molar-refractivity contribution in [3.05, 3.63) is 27.1 Å². The first kappa shape index (κ1) is 18.5. The first-order chi connectivity index (χ1) is 12.2. The van der Waals surface area contributed by atoms with Gasteiger partial charge in [-0.1, -0.05) is 0 Å². The van der Waals surface area contributed by atoms with Crippen LogP contribution in [0.4, 0.5) is 0 Å². The van der Waals surface area contributed by atoms with E-state index in [1.54, 1.807) is 4.90 Å². The van der Waals surface area contributed by atoms with Gasteiger partial charge in [-0.15, -0.1) is 11.3 Å². The van der Waals surface area contributed by atoms with Crippen LogP contribution in [0.25, 0.3) is 10.2 Å². The van der Waals surface area contributed by atoms with E-state index >= 15 is 0 Å². The van der Waals surface area contributed by atoms with Crippen LogP contribution < -0.4 is 11.3 Å². The van der Waals surface area contributed by atoms with Crippen molar-refractivity contribution in [2.75, 3.05) is 13.1 Å². The molecule has 0 bridgehead atoms. The lowest BCUT2D eigenvalue weighted by Crippen LogP contribution is -2.53. The van der Waals surface area contributed by atoms with Gasteiger partial charge >= 0.3 is 0 Å². The number of hydrogen-bond acceptors (Lipinski definition) is 6. The molecule has 1 aliphatic rings. The Morgan fingerprint density at radius 3 is 2.62 bits per heavy atom. The molecule has 26 heavy (non-hydrogen) atoms. The number of fused-ring (bicyclic) bond motifs is 1. The highest BCUT2D eigenvalue weighted by Crippen LogP contribution is 2.25. The lowest BCUT2D eigenvalue weighted by Gasteiger charge is -2.36. The quantitative estimate of drug-likeness (QED) is 0.793. The van der Waals surface area contributed by atoms with Crippen LogP contribution in [0.2, 0.25) is 0 Å². The van der Waals surface area contributed by atoms with E-state index in [4.69, 9.17) is 5.73 Å². The maximum absolute atomic E-state index is 12.6. The van der Waals surface area contributed by atoms with Crippen LogP contribution in [0.15, 0.2) is 11.1 Å². The minimum absolute atomic E-state index is 0.123. The van der Waals surface area contributed by atoms with Crippen molar-refractivity contribution in [1.29, 1.82) is 0 Å². The second-order valence-electron chi connectivity index (χ2n) is 6.73. The second kappa shape index (κ2) is 6.81. The number of nitrogens with two attached hydrogens (primary N) is 1. The summed E-state index contributed by atoms with van der Waals surface area (Å²) >= 11 is 1.49. The van der Waals surface area contributed by atoms with Crippen LogP contribution in [0.1, 0.15) is 29.7 Å². The minimum atomic E-state index is -1.53. The van der Waals surface area contributed by atoms with E-state index in [-0.39, 0.29) is 50.4 Å². The lowest BCUT2D eigenvalue weighted by atomic mass is 9.90. The highest BCUT2D eigenvalue weighted by atomic mass is 32.1. The molecule has 3 rings (SSSR count). The van der Waals surface area contributed by atoms with Crippen molar-refractivity contribution in [1.82, 2.24) is 14.5 Å². The molecule has 8 nitrogen and oxygen atoms in total. The summed E-state index contributed by atoms with van der Waals surface area (Å²) in [5, 5.41) is 10.7. The predicted octanol–water partition coefficient (Wildman–Crippen LogP) is 0.304. The van der Waals surface area contributed by atoms with Crippen molar-refractivity contribution in [3.8, 4) is 0 Å². The first-order valence-corrected chi connectivity index (χ1v) is 9.30. The van der Waals surface area contributed by atoms with Crippen LogP contribution in [-0.2, 0) is 16.1 Å². The average molecular weight is 378 g/mol. The Hall–Kier alpha value is -2.26. The number of nitrogens with zero attached hydrogens (tertiary/aromatic N) is 3. The molecule has 2 aromatic rings. The fourth-order valence-corrected chi connectivity index (χ4v) is 4.16. The van der Waals surface area contributed by atoms with E-state index < -0.39 is 11.5 Å². The zero-order chi connectivity index (χ0) is 19.1. The van der Waals surface area contributed by atoms with E-state index in [9.17, 15) is 19.5 Å². The summed E-state index contributed by atoms with van der Waals surface area (Å²) in [5.41, 5.74) is 4.47. The zero-order valence-electron chi connectivity index (χ0n) is 14.8. The number of piperidine rings is 1. The standard InChI is InChI=1S/C17H22N4O4S/c1-10-11(2)26-14-13(10)15(23)21(9-19-14)6-3-12(22)20-7-4-17(25,5-8-20)16(18)24/h9,25H,3-8H2,1-2H3,(H2,18,24). The summed E-state index contributed by atoms with van der Waals surface area (Å²) in [6, 6.07) is 0. The van der Waals surface area contributed by atoms with E-state index in [0.717, 1.165) is 10.4 Å². The highest BCUT2D eigenvalue weighted by molar-refractivity contribution is 7.18. The molecular formula is C17H22N4O4S. The Kier molecular flexibility index (Phi) is 4.85. The Morgan fingerprint density at radius 2 is 2.00 bits per heavy atom. The van der Waals surface area contributed by atoms with Crippen molar-refractivity contribution < 1.29 is 14.7 Å². The topological polar surface area (TPSA) is 119 Å². The van der Waals surface area contributed by atoms with Gasteiger partial charge in [-0.2, -0.15) is 0 Å². The van der Waals surface area contributed by atoms with Crippen LogP contribution in [-0.4, -0.2) is 50.1 Å². The van der Waals surface area contributed by atoms with Gasteiger partial charge in [-0.25, -0.2) is 4.98 Å². The van der Waals surface area contributed by atoms with Gasteiger partial charge in [0.2, 0.25) is 11.8 Å². The number of carbonyl (C=O) groups is 2. The van der Waals surface area contributed by atoms with Gasteiger partial charge in [0.15, 0.2) is 0 Å². The van der Waals surface area contributed by atoms with Gasteiger partial charge in [0.1, 0.15) is 10.4 Å². The molecule has 0 spiro atoms. The third-order valence-corrected chi connectivity index (χ3v) is 6.24. The first-order valence-electron chi connectivity index (χ1n) is 8.48. The molecule has 0 aromatic carbocycles. The number of aromatic nitrogens is 2. The Bertz CT molecular complexity index is 925. The molecule has 3 heterocycles. The van der Waals surface area contributed by atoms with Crippen molar-refractivity contribution >= 4 is 33.4 Å². The van der Waals surface area contributed by atoms with Crippen molar-refractivity contribution in [3.63, 3.8) is 0 Å². The highest BCUT2D eigenvalue weighted by Gasteiger charge is 2.38. The Labute approximate surface area is 154 Å². The van der Waals surface area contributed by atoms with Gasteiger partial charge in [-0.3, -0.25) is 19.0 Å². The smallest absolute Gasteiger partial charge is 0.262 e. The summed E-state index contributed by atoms with van der Waals surface area (Å²) in [6.45, 7) is 4.64. The van der Waals surface area contributed by atoms with E-state index in [1.165, 1.54) is 22.2 Å². The molecule has 140 valence electrons. The number of carbonyl (C=O) groups excluding carboxylic acids is 2. The molecule has 0 unspecified atom stereocenters. The van der Waals surface area contributed by atoms with Gasteiger partial charge in [0.05, 0.1) is 11.7 Å². The molecule has 1 fully saturated rings. The van der Waals surface area contributed by atoms with E-state index in [0.29, 0.717) is 10.2 Å². The predicted molar refractivity (Wildman–Crippen MR) is 97.9 cm³/mol. The Morgan fingerprint density at radius 1 is 1.35 bits per heavy atom. The number of likely N-dealkylation sites (tertiary alicyclic amines) is 1. The average Bonchev–Trinajstić information content (AvgIpc) is 2.89. The van der Waals surface area contributed by atoms with Crippen LogP contribution in [0.3, 0.4) is 0 Å². The number of thiophene rings is 1. The summed E-state index contributed by atoms with van der Waals surface area (Å²) in [4.78, 5) is 44.0. The SMILES string of the molecule is Cc1sc2ncn(CCC(=O)N3CCC(O)(C(N)=O)CC3)c(=O)c2c1C. The van der Waals surface area contributed by atoms with Gasteiger partial charge in [-0.05, 0) is 19.4 Å². The fraction of sp³-hybridized carbons (Fsp3) is 0.529. The largest absolute Gasteiger partial charge is 0.380 e. The lowest BCUT2D eigenvalue weighted by molar-refractivity contribution is -0.147. The minimum Gasteiger partial charge on any atom is -0.380 e. The van der Waals surface area contributed by atoms with Crippen LogP contribution in [0, 0.1) is 13.8 Å². The Balaban J connectivity index is 1.66. The molecule has 3 N–H and O–H groups in total. The molecule has 1 aliphatic heterocycles. The molecule has 0 radical (unpaired) electrons. The van der Waals surface area contributed by atoms with Gasteiger partial charge in [0, 0.05) is 43.8 Å². The summed E-state index contributed by atoms with van der Waals surface area (Å²) in [5.74, 6) is -0.876. The number of rotatable bonds is 4. The fourth-order valence-electron chi connectivity index (χ4n) is 3.18. The maximum atomic E-state index is 12.6. The van der Waals surface area contributed by atoms with Crippen molar-refractivity contribution in [2.24, 2.45) is 5.73 Å². The normalized spacial score (nSPS) is 16.8. The number of amides is 2. The molecule has 2 aromatic heterocycles.